The maximum Gasteiger partial charge on any atom is 0.223 e. The lowest BCUT2D eigenvalue weighted by atomic mass is 9.69. The lowest BCUT2D eigenvalue weighted by Gasteiger charge is -2.37. The third kappa shape index (κ3) is 3.95. The van der Waals surface area contributed by atoms with Crippen molar-refractivity contribution in [3.8, 4) is 0 Å². The minimum Gasteiger partial charge on any atom is -0.356 e. The van der Waals surface area contributed by atoms with Gasteiger partial charge in [0.2, 0.25) is 5.91 Å². The van der Waals surface area contributed by atoms with Gasteiger partial charge in [0.05, 0.1) is 0 Å². The van der Waals surface area contributed by atoms with Crippen LogP contribution in [0.2, 0.25) is 0 Å². The maximum atomic E-state index is 12.1. The highest BCUT2D eigenvalue weighted by Crippen LogP contribution is 2.39. The summed E-state index contributed by atoms with van der Waals surface area (Å²) in [5, 5.41) is 3.13. The first-order valence-corrected chi connectivity index (χ1v) is 7.89. The van der Waals surface area contributed by atoms with Gasteiger partial charge in [0.15, 0.2) is 0 Å². The van der Waals surface area contributed by atoms with Crippen LogP contribution in [0, 0.1) is 23.2 Å². The van der Waals surface area contributed by atoms with Gasteiger partial charge in [-0.2, -0.15) is 0 Å². The van der Waals surface area contributed by atoms with Crippen LogP contribution in [0.1, 0.15) is 59.3 Å². The zero-order valence-corrected chi connectivity index (χ0v) is 12.7. The van der Waals surface area contributed by atoms with Crippen molar-refractivity contribution in [2.24, 2.45) is 28.9 Å². The van der Waals surface area contributed by atoms with Gasteiger partial charge >= 0.3 is 0 Å². The van der Waals surface area contributed by atoms with Crippen molar-refractivity contribution in [3.63, 3.8) is 0 Å². The van der Waals surface area contributed by atoms with Gasteiger partial charge in [0, 0.05) is 18.5 Å². The molecule has 0 radical (unpaired) electrons. The molecule has 1 amide bonds. The Morgan fingerprint density at radius 1 is 1.16 bits per heavy atom. The third-order valence-corrected chi connectivity index (χ3v) is 5.16. The summed E-state index contributed by atoms with van der Waals surface area (Å²) in [4.78, 5) is 12.1. The van der Waals surface area contributed by atoms with E-state index in [2.05, 4.69) is 26.1 Å². The monoisotopic (exact) mass is 266 g/mol. The minimum absolute atomic E-state index is 0.257. The zero-order valence-electron chi connectivity index (χ0n) is 12.7. The first-order valence-electron chi connectivity index (χ1n) is 7.89. The zero-order chi connectivity index (χ0) is 14.0. The van der Waals surface area contributed by atoms with Crippen molar-refractivity contribution in [2.45, 2.75) is 65.3 Å². The molecule has 3 nitrogen and oxygen atoms in total. The van der Waals surface area contributed by atoms with Crippen LogP contribution in [0.25, 0.3) is 0 Å². The van der Waals surface area contributed by atoms with E-state index >= 15 is 0 Å². The molecule has 3 N–H and O–H groups in total. The summed E-state index contributed by atoms with van der Waals surface area (Å²) in [6.07, 6.45) is 6.70. The molecule has 0 aromatic carbocycles. The fraction of sp³-hybridized carbons (Fsp3) is 0.938. The molecule has 0 aliphatic heterocycles. The molecule has 2 aliphatic carbocycles. The maximum absolute atomic E-state index is 12.1. The van der Waals surface area contributed by atoms with Crippen LogP contribution in [-0.4, -0.2) is 18.5 Å². The fourth-order valence-electron chi connectivity index (χ4n) is 3.56. The van der Waals surface area contributed by atoms with Gasteiger partial charge in [0.1, 0.15) is 0 Å². The summed E-state index contributed by atoms with van der Waals surface area (Å²) in [6.45, 7) is 7.79. The second-order valence-corrected chi connectivity index (χ2v) is 7.76. The molecule has 0 bridgehead atoms. The van der Waals surface area contributed by atoms with E-state index in [1.807, 2.05) is 0 Å². The highest BCUT2D eigenvalue weighted by atomic mass is 16.1. The highest BCUT2D eigenvalue weighted by Gasteiger charge is 2.33. The van der Waals surface area contributed by atoms with E-state index in [1.165, 1.54) is 12.8 Å². The summed E-state index contributed by atoms with van der Waals surface area (Å²) >= 11 is 0. The number of hydrogen-bond acceptors (Lipinski definition) is 2. The molecule has 3 heteroatoms. The van der Waals surface area contributed by atoms with E-state index in [4.69, 9.17) is 5.73 Å². The Morgan fingerprint density at radius 3 is 2.21 bits per heavy atom. The number of hydrogen-bond donors (Lipinski definition) is 2. The van der Waals surface area contributed by atoms with Crippen molar-refractivity contribution in [2.75, 3.05) is 6.54 Å². The molecule has 0 heterocycles. The predicted molar refractivity (Wildman–Crippen MR) is 78.6 cm³/mol. The molecule has 0 unspecified atom stereocenters. The Balaban J connectivity index is 1.67. The lowest BCUT2D eigenvalue weighted by molar-refractivity contribution is -0.126. The topological polar surface area (TPSA) is 55.1 Å². The Labute approximate surface area is 117 Å². The van der Waals surface area contributed by atoms with Crippen LogP contribution in [0.4, 0.5) is 0 Å². The number of carbonyl (C=O) groups is 1. The first kappa shape index (κ1) is 14.8. The molecule has 0 saturated heterocycles. The SMILES string of the molecule is CC(C)(C)C1CCC(C(=O)NCC2CC(N)C2)CC1. The number of carbonyl (C=O) groups excluding carboxylic acids is 1. The number of nitrogens with one attached hydrogen (secondary N) is 1. The highest BCUT2D eigenvalue weighted by molar-refractivity contribution is 5.78. The van der Waals surface area contributed by atoms with Crippen LogP contribution < -0.4 is 11.1 Å². The smallest absolute Gasteiger partial charge is 0.223 e. The van der Waals surface area contributed by atoms with Crippen LogP contribution >= 0.6 is 0 Å². The quantitative estimate of drug-likeness (QED) is 0.825. The van der Waals surface area contributed by atoms with Gasteiger partial charge in [-0.1, -0.05) is 20.8 Å². The molecule has 2 saturated carbocycles. The van der Waals surface area contributed by atoms with E-state index in [0.717, 1.165) is 38.1 Å². The normalized spacial score (nSPS) is 35.6. The van der Waals surface area contributed by atoms with E-state index in [0.29, 0.717) is 17.4 Å². The van der Waals surface area contributed by atoms with Crippen LogP contribution in [0.15, 0.2) is 0 Å². The Kier molecular flexibility index (Phi) is 4.54. The number of amides is 1. The predicted octanol–water partition coefficient (Wildman–Crippen LogP) is 2.69. The number of rotatable bonds is 3. The molecule has 0 spiro atoms. The molecule has 0 atom stereocenters. The molecule has 2 rings (SSSR count). The summed E-state index contributed by atoms with van der Waals surface area (Å²) < 4.78 is 0. The summed E-state index contributed by atoms with van der Waals surface area (Å²) in [6, 6.07) is 0.379. The van der Waals surface area contributed by atoms with E-state index in [-0.39, 0.29) is 11.8 Å². The van der Waals surface area contributed by atoms with Crippen LogP contribution in [-0.2, 0) is 4.79 Å². The summed E-state index contributed by atoms with van der Waals surface area (Å²) in [7, 11) is 0. The molecule has 2 fully saturated rings. The molecule has 0 aromatic rings. The van der Waals surface area contributed by atoms with Crippen LogP contribution in [0.3, 0.4) is 0 Å². The lowest BCUT2D eigenvalue weighted by Crippen LogP contribution is -2.44. The van der Waals surface area contributed by atoms with Gasteiger partial charge in [-0.25, -0.2) is 0 Å². The van der Waals surface area contributed by atoms with Crippen molar-refractivity contribution in [3.05, 3.63) is 0 Å². The van der Waals surface area contributed by atoms with Crippen molar-refractivity contribution in [1.82, 2.24) is 5.32 Å². The molecule has 19 heavy (non-hydrogen) atoms. The van der Waals surface area contributed by atoms with Gasteiger partial charge in [-0.05, 0) is 55.8 Å². The summed E-state index contributed by atoms with van der Waals surface area (Å²) in [5.41, 5.74) is 6.15. The Bertz CT molecular complexity index is 307. The number of nitrogens with two attached hydrogens (primary N) is 1. The minimum atomic E-state index is 0.257. The van der Waals surface area contributed by atoms with Gasteiger partial charge in [-0.15, -0.1) is 0 Å². The van der Waals surface area contributed by atoms with Crippen molar-refractivity contribution >= 4 is 5.91 Å². The second kappa shape index (κ2) is 5.82. The fourth-order valence-corrected chi connectivity index (χ4v) is 3.56. The van der Waals surface area contributed by atoms with Gasteiger partial charge in [-0.3, -0.25) is 4.79 Å². The molecular weight excluding hydrogens is 236 g/mol. The summed E-state index contributed by atoms with van der Waals surface area (Å²) in [5.74, 6) is 1.95. The van der Waals surface area contributed by atoms with E-state index in [9.17, 15) is 4.79 Å². The average molecular weight is 266 g/mol. The first-order chi connectivity index (χ1) is 8.86. The Hall–Kier alpha value is -0.570. The van der Waals surface area contributed by atoms with Crippen molar-refractivity contribution in [1.29, 1.82) is 0 Å². The Morgan fingerprint density at radius 2 is 1.74 bits per heavy atom. The van der Waals surface area contributed by atoms with E-state index in [1.54, 1.807) is 0 Å². The largest absolute Gasteiger partial charge is 0.356 e. The standard InChI is InChI=1S/C16H30N2O/c1-16(2,3)13-6-4-12(5-7-13)15(19)18-10-11-8-14(17)9-11/h11-14H,4-10,17H2,1-3H3,(H,18,19). The molecule has 0 aromatic heterocycles. The third-order valence-electron chi connectivity index (χ3n) is 5.16. The average Bonchev–Trinajstić information content (AvgIpc) is 2.32. The second-order valence-electron chi connectivity index (χ2n) is 7.76. The molecule has 2 aliphatic rings. The van der Waals surface area contributed by atoms with E-state index < -0.39 is 0 Å². The van der Waals surface area contributed by atoms with Gasteiger partial charge in [0.25, 0.3) is 0 Å². The van der Waals surface area contributed by atoms with Crippen molar-refractivity contribution < 1.29 is 4.79 Å². The molecule has 110 valence electrons. The van der Waals surface area contributed by atoms with Gasteiger partial charge < -0.3 is 11.1 Å². The molecular formula is C16H30N2O. The van der Waals surface area contributed by atoms with Crippen LogP contribution in [0.5, 0.6) is 0 Å².